The van der Waals surface area contributed by atoms with E-state index in [2.05, 4.69) is 5.32 Å². The fourth-order valence-corrected chi connectivity index (χ4v) is 1.68. The third-order valence-electron chi connectivity index (χ3n) is 2.72. The summed E-state index contributed by atoms with van der Waals surface area (Å²) in [5, 5.41) is 12.9. The van der Waals surface area contributed by atoms with Crippen molar-refractivity contribution in [3.63, 3.8) is 0 Å². The van der Waals surface area contributed by atoms with Crippen LogP contribution in [-0.2, 0) is 0 Å². The molecule has 1 heterocycles. The van der Waals surface area contributed by atoms with Gasteiger partial charge in [-0.15, -0.1) is 0 Å². The monoisotopic (exact) mass is 247 g/mol. The number of furan rings is 1. The molecule has 1 aromatic carbocycles. The highest BCUT2D eigenvalue weighted by Gasteiger charge is 2.25. The molecule has 2 aromatic rings. The molecule has 1 amide bonds. The second-order valence-electron chi connectivity index (χ2n) is 4.08. The highest BCUT2D eigenvalue weighted by Crippen LogP contribution is 2.26. The Bertz CT molecular complexity index is 555. The lowest BCUT2D eigenvalue weighted by molar-refractivity contribution is 0.0952. The van der Waals surface area contributed by atoms with Gasteiger partial charge in [-0.2, -0.15) is 0 Å². The van der Waals surface area contributed by atoms with Gasteiger partial charge in [0.1, 0.15) is 17.6 Å². The van der Waals surface area contributed by atoms with E-state index in [9.17, 15) is 9.90 Å². The molecule has 0 aliphatic heterocycles. The fraction of sp³-hybridized carbons (Fsp3) is 0.357. The van der Waals surface area contributed by atoms with Gasteiger partial charge in [-0.05, 0) is 25.0 Å². The maximum absolute atomic E-state index is 11.8. The largest absolute Gasteiger partial charge is 0.508 e. The summed E-state index contributed by atoms with van der Waals surface area (Å²) < 4.78 is 5.23. The van der Waals surface area contributed by atoms with Gasteiger partial charge in [0.15, 0.2) is 0 Å². The van der Waals surface area contributed by atoms with Crippen molar-refractivity contribution in [2.45, 2.75) is 32.7 Å². The van der Waals surface area contributed by atoms with Gasteiger partial charge in [-0.3, -0.25) is 4.79 Å². The van der Waals surface area contributed by atoms with E-state index in [1.807, 2.05) is 13.8 Å². The molecule has 2 N–H and O–H groups in total. The summed E-state index contributed by atoms with van der Waals surface area (Å²) in [4.78, 5) is 11.8. The Morgan fingerprint density at radius 3 is 2.78 bits per heavy atom. The molecule has 18 heavy (non-hydrogen) atoms. The van der Waals surface area contributed by atoms with Crippen molar-refractivity contribution in [1.29, 1.82) is 0 Å². The summed E-state index contributed by atoms with van der Waals surface area (Å²) >= 11 is 0. The van der Waals surface area contributed by atoms with Crippen LogP contribution in [0.15, 0.2) is 28.9 Å². The number of phenolic OH excluding ortho intramolecular Hbond substituents is 1. The summed E-state index contributed by atoms with van der Waals surface area (Å²) in [6.07, 6.45) is 3.55. The summed E-state index contributed by atoms with van der Waals surface area (Å²) in [5.41, 5.74) is 1.06. The Morgan fingerprint density at radius 2 is 2.11 bits per heavy atom. The molecule has 0 bridgehead atoms. The molecule has 4 nitrogen and oxygen atoms in total. The molecule has 96 valence electrons. The van der Waals surface area contributed by atoms with Gasteiger partial charge in [-0.1, -0.05) is 13.8 Å². The highest BCUT2D eigenvalue weighted by molar-refractivity contribution is 6.06. The zero-order chi connectivity index (χ0) is 13.1. The van der Waals surface area contributed by atoms with Crippen molar-refractivity contribution in [1.82, 2.24) is 5.32 Å². The number of nitrogens with one attached hydrogen (secondary N) is 1. The quantitative estimate of drug-likeness (QED) is 0.857. The fourth-order valence-electron chi connectivity index (χ4n) is 1.68. The van der Waals surface area contributed by atoms with E-state index >= 15 is 0 Å². The molecular formula is C14H17NO3. The highest BCUT2D eigenvalue weighted by atomic mass is 16.3. The Morgan fingerprint density at radius 1 is 1.39 bits per heavy atom. The predicted molar refractivity (Wildman–Crippen MR) is 69.7 cm³/mol. The molecule has 1 saturated carbocycles. The van der Waals surface area contributed by atoms with Crippen LogP contribution in [-0.4, -0.2) is 17.1 Å². The minimum absolute atomic E-state index is 0.105. The number of benzene rings is 1. The lowest BCUT2D eigenvalue weighted by Crippen LogP contribution is -2.24. The van der Waals surface area contributed by atoms with Crippen LogP contribution in [0.1, 0.15) is 37.0 Å². The smallest absolute Gasteiger partial charge is 0.255 e. The number of fused-ring (bicyclic) bond motifs is 1. The Labute approximate surface area is 106 Å². The number of hydrogen-bond donors (Lipinski definition) is 2. The lowest BCUT2D eigenvalue weighted by atomic mass is 10.1. The first kappa shape index (κ1) is 12.5. The Hall–Kier alpha value is -1.97. The maximum atomic E-state index is 11.8. The van der Waals surface area contributed by atoms with Crippen molar-refractivity contribution in [2.75, 3.05) is 0 Å². The van der Waals surface area contributed by atoms with Crippen molar-refractivity contribution < 1.29 is 14.3 Å². The SMILES string of the molecule is CC.O=C(NC1CC1)c1coc2cc(O)ccc12. The topological polar surface area (TPSA) is 62.5 Å². The third-order valence-corrected chi connectivity index (χ3v) is 2.72. The number of hydrogen-bond acceptors (Lipinski definition) is 3. The van der Waals surface area contributed by atoms with E-state index in [1.54, 1.807) is 12.1 Å². The van der Waals surface area contributed by atoms with Gasteiger partial charge < -0.3 is 14.8 Å². The van der Waals surface area contributed by atoms with Crippen LogP contribution in [0.2, 0.25) is 0 Å². The minimum Gasteiger partial charge on any atom is -0.508 e. The van der Waals surface area contributed by atoms with Crippen molar-refractivity contribution in [2.24, 2.45) is 0 Å². The zero-order valence-electron chi connectivity index (χ0n) is 10.6. The number of carbonyl (C=O) groups is 1. The standard InChI is InChI=1S/C12H11NO3.C2H6/c14-8-3-4-9-10(6-16-11(9)5-8)12(15)13-7-1-2-7;1-2/h3-7,14H,1-2H2,(H,13,15);1-2H3. The van der Waals surface area contributed by atoms with Crippen molar-refractivity contribution >= 4 is 16.9 Å². The van der Waals surface area contributed by atoms with Crippen molar-refractivity contribution in [3.8, 4) is 5.75 Å². The number of aromatic hydroxyl groups is 1. The average molecular weight is 247 g/mol. The van der Waals surface area contributed by atoms with Gasteiger partial charge in [0.25, 0.3) is 5.91 Å². The van der Waals surface area contributed by atoms with E-state index in [0.717, 1.165) is 18.2 Å². The van der Waals surface area contributed by atoms with E-state index < -0.39 is 0 Å². The van der Waals surface area contributed by atoms with Gasteiger partial charge in [0.05, 0.1) is 5.56 Å². The van der Waals surface area contributed by atoms with E-state index in [4.69, 9.17) is 4.42 Å². The van der Waals surface area contributed by atoms with Gasteiger partial charge in [0, 0.05) is 17.5 Å². The van der Waals surface area contributed by atoms with E-state index in [1.165, 1.54) is 12.3 Å². The summed E-state index contributed by atoms with van der Waals surface area (Å²) in [5.74, 6) is 0.0305. The molecule has 1 aliphatic rings. The van der Waals surface area contributed by atoms with Crippen LogP contribution in [0.25, 0.3) is 11.0 Å². The van der Waals surface area contributed by atoms with Crippen LogP contribution in [0.4, 0.5) is 0 Å². The summed E-state index contributed by atoms with van der Waals surface area (Å²) in [7, 11) is 0. The molecule has 0 radical (unpaired) electrons. The summed E-state index contributed by atoms with van der Waals surface area (Å²) in [6.45, 7) is 4.00. The Kier molecular flexibility index (Phi) is 3.55. The molecular weight excluding hydrogens is 230 g/mol. The second-order valence-corrected chi connectivity index (χ2v) is 4.08. The van der Waals surface area contributed by atoms with Gasteiger partial charge >= 0.3 is 0 Å². The van der Waals surface area contributed by atoms with Crippen LogP contribution in [0, 0.1) is 0 Å². The average Bonchev–Trinajstić information content (AvgIpc) is 3.09. The third kappa shape index (κ3) is 2.47. The minimum atomic E-state index is -0.105. The Balaban J connectivity index is 0.000000574. The van der Waals surface area contributed by atoms with Crippen LogP contribution >= 0.6 is 0 Å². The molecule has 0 unspecified atom stereocenters. The van der Waals surface area contributed by atoms with Gasteiger partial charge in [-0.25, -0.2) is 0 Å². The second kappa shape index (κ2) is 5.12. The molecule has 3 rings (SSSR count). The normalized spacial score (nSPS) is 13.9. The summed E-state index contributed by atoms with van der Waals surface area (Å²) in [6, 6.07) is 5.07. The van der Waals surface area contributed by atoms with Crippen LogP contribution in [0.5, 0.6) is 5.75 Å². The number of rotatable bonds is 2. The molecule has 0 atom stereocenters. The first-order chi connectivity index (χ1) is 8.74. The van der Waals surface area contributed by atoms with E-state index in [0.29, 0.717) is 17.2 Å². The lowest BCUT2D eigenvalue weighted by Gasteiger charge is -2.00. The van der Waals surface area contributed by atoms with Crippen LogP contribution < -0.4 is 5.32 Å². The first-order valence-electron chi connectivity index (χ1n) is 6.25. The van der Waals surface area contributed by atoms with Crippen molar-refractivity contribution in [3.05, 3.63) is 30.0 Å². The number of amides is 1. The number of carbonyl (C=O) groups excluding carboxylic acids is 1. The zero-order valence-corrected chi connectivity index (χ0v) is 10.6. The molecule has 0 spiro atoms. The molecule has 1 fully saturated rings. The molecule has 0 saturated heterocycles. The van der Waals surface area contributed by atoms with Gasteiger partial charge in [0.2, 0.25) is 0 Å². The molecule has 1 aliphatic carbocycles. The number of phenols is 1. The predicted octanol–water partition coefficient (Wildman–Crippen LogP) is 3.06. The molecule has 4 heteroatoms. The van der Waals surface area contributed by atoms with E-state index in [-0.39, 0.29) is 11.7 Å². The maximum Gasteiger partial charge on any atom is 0.255 e. The van der Waals surface area contributed by atoms with Crippen LogP contribution in [0.3, 0.4) is 0 Å². The molecule has 1 aromatic heterocycles. The first-order valence-corrected chi connectivity index (χ1v) is 6.25.